The minimum atomic E-state index is 0.465. The normalized spacial score (nSPS) is 11.4. The van der Waals surface area contributed by atoms with Crippen LogP contribution in [0.3, 0.4) is 0 Å². The zero-order chi connectivity index (χ0) is 22.5. The molecular weight excluding hydrogens is 408 g/mol. The number of ether oxygens (including phenoxy) is 4. The van der Waals surface area contributed by atoms with Gasteiger partial charge in [-0.3, -0.25) is 0 Å². The average Bonchev–Trinajstić information content (AvgIpc) is 3.12. The predicted molar refractivity (Wildman–Crippen MR) is 124 cm³/mol. The van der Waals surface area contributed by atoms with Crippen LogP contribution < -0.4 is 14.2 Å². The van der Waals surface area contributed by atoms with E-state index in [1.165, 1.54) is 6.33 Å². The first-order valence-corrected chi connectivity index (χ1v) is 10.5. The second-order valence-corrected chi connectivity index (χ2v) is 7.57. The Hall–Kier alpha value is -3.36. The molecule has 0 bridgehead atoms. The van der Waals surface area contributed by atoms with E-state index in [1.54, 1.807) is 14.2 Å². The Balaban J connectivity index is 1.60. The Morgan fingerprint density at radius 3 is 2.59 bits per heavy atom. The smallest absolute Gasteiger partial charge is 0.230 e. The molecule has 0 radical (unpaired) electrons. The lowest BCUT2D eigenvalue weighted by Crippen LogP contribution is -2.27. The summed E-state index contributed by atoms with van der Waals surface area (Å²) < 4.78 is 23.0. The maximum atomic E-state index is 6.27. The molecule has 8 nitrogen and oxygen atoms in total. The first-order valence-electron chi connectivity index (χ1n) is 10.5. The minimum absolute atomic E-state index is 0.465. The van der Waals surface area contributed by atoms with E-state index in [9.17, 15) is 0 Å². The number of nitrogens with one attached hydrogen (secondary N) is 1. The maximum Gasteiger partial charge on any atom is 0.230 e. The molecule has 0 atom stereocenters. The number of aromatic amines is 1. The van der Waals surface area contributed by atoms with Crippen molar-refractivity contribution in [2.45, 2.75) is 6.92 Å². The molecule has 4 rings (SSSR count). The molecule has 8 heteroatoms. The Morgan fingerprint density at radius 2 is 1.78 bits per heavy atom. The molecular formula is C24H28N4O4. The summed E-state index contributed by atoms with van der Waals surface area (Å²) in [6.45, 7) is 4.80. The molecule has 0 aliphatic carbocycles. The van der Waals surface area contributed by atoms with Gasteiger partial charge in [0.25, 0.3) is 0 Å². The number of nitrogens with zero attached hydrogens (tertiary/aromatic N) is 3. The second-order valence-electron chi connectivity index (χ2n) is 7.57. The molecule has 0 spiro atoms. The second kappa shape index (κ2) is 9.84. The van der Waals surface area contributed by atoms with Crippen LogP contribution in [-0.2, 0) is 4.74 Å². The minimum Gasteiger partial charge on any atom is -0.493 e. The number of hydrogen-bond acceptors (Lipinski definition) is 7. The highest BCUT2D eigenvalue weighted by Gasteiger charge is 2.16. The SMILES string of the molecule is COCCN(C)CCOc1cc2ncnc(Oc3c(C)[nH]c4ccccc34)c2cc1OC. The number of aryl methyl sites for hydroxylation is 1. The van der Waals surface area contributed by atoms with Gasteiger partial charge in [0.15, 0.2) is 17.2 Å². The Bertz CT molecular complexity index is 1210. The Morgan fingerprint density at radius 1 is 0.969 bits per heavy atom. The molecule has 4 aromatic rings. The molecule has 2 heterocycles. The van der Waals surface area contributed by atoms with Crippen molar-refractivity contribution in [1.29, 1.82) is 0 Å². The molecule has 0 saturated carbocycles. The molecule has 2 aromatic heterocycles. The van der Waals surface area contributed by atoms with Crippen LogP contribution in [-0.4, -0.2) is 67.4 Å². The van der Waals surface area contributed by atoms with Crippen molar-refractivity contribution < 1.29 is 18.9 Å². The fourth-order valence-corrected chi connectivity index (χ4v) is 3.54. The zero-order valence-electron chi connectivity index (χ0n) is 18.8. The lowest BCUT2D eigenvalue weighted by Gasteiger charge is -2.17. The van der Waals surface area contributed by atoms with Crippen LogP contribution in [0.5, 0.6) is 23.1 Å². The van der Waals surface area contributed by atoms with Crippen molar-refractivity contribution >= 4 is 21.8 Å². The van der Waals surface area contributed by atoms with Gasteiger partial charge in [-0.25, -0.2) is 9.97 Å². The van der Waals surface area contributed by atoms with E-state index in [0.29, 0.717) is 30.6 Å². The molecule has 1 N–H and O–H groups in total. The van der Waals surface area contributed by atoms with Gasteiger partial charge in [-0.05, 0) is 32.2 Å². The van der Waals surface area contributed by atoms with E-state index in [-0.39, 0.29) is 0 Å². The van der Waals surface area contributed by atoms with E-state index in [1.807, 2.05) is 50.4 Å². The molecule has 2 aromatic carbocycles. The predicted octanol–water partition coefficient (Wildman–Crippen LogP) is 4.18. The van der Waals surface area contributed by atoms with Gasteiger partial charge in [0.05, 0.1) is 30.3 Å². The molecule has 0 saturated heterocycles. The number of hydrogen-bond donors (Lipinski definition) is 1. The number of fused-ring (bicyclic) bond motifs is 2. The van der Waals surface area contributed by atoms with Crippen LogP contribution in [0, 0.1) is 6.92 Å². The summed E-state index contributed by atoms with van der Waals surface area (Å²) in [6, 6.07) is 11.7. The molecule has 0 amide bonds. The largest absolute Gasteiger partial charge is 0.493 e. The molecule has 0 unspecified atom stereocenters. The summed E-state index contributed by atoms with van der Waals surface area (Å²) in [5, 5.41) is 1.75. The van der Waals surface area contributed by atoms with E-state index in [2.05, 4.69) is 19.9 Å². The summed E-state index contributed by atoms with van der Waals surface area (Å²) in [6.07, 6.45) is 1.50. The van der Waals surface area contributed by atoms with Gasteiger partial charge in [-0.2, -0.15) is 0 Å². The standard InChI is InChI=1S/C24H28N4O4/c1-16-23(17-7-5-6-8-19(17)27-16)32-24-18-13-21(30-4)22(14-20(18)25-15-26-24)31-12-10-28(2)9-11-29-3/h5-8,13-15,27H,9-12H2,1-4H3. The number of rotatable bonds is 10. The van der Waals surface area contributed by atoms with E-state index in [4.69, 9.17) is 18.9 Å². The van der Waals surface area contributed by atoms with Crippen molar-refractivity contribution in [3.63, 3.8) is 0 Å². The van der Waals surface area contributed by atoms with Crippen LogP contribution in [0.2, 0.25) is 0 Å². The van der Waals surface area contributed by atoms with Crippen LogP contribution in [0.25, 0.3) is 21.8 Å². The third kappa shape index (κ3) is 4.61. The highest BCUT2D eigenvalue weighted by atomic mass is 16.5. The molecule has 168 valence electrons. The van der Waals surface area contributed by atoms with Crippen LogP contribution in [0.15, 0.2) is 42.7 Å². The van der Waals surface area contributed by atoms with Gasteiger partial charge in [-0.1, -0.05) is 12.1 Å². The highest BCUT2D eigenvalue weighted by Crippen LogP contribution is 2.38. The van der Waals surface area contributed by atoms with Gasteiger partial charge in [0, 0.05) is 37.2 Å². The fraction of sp³-hybridized carbons (Fsp3) is 0.333. The average molecular weight is 437 g/mol. The fourth-order valence-electron chi connectivity index (χ4n) is 3.54. The van der Waals surface area contributed by atoms with Crippen LogP contribution >= 0.6 is 0 Å². The third-order valence-corrected chi connectivity index (χ3v) is 5.33. The van der Waals surface area contributed by atoms with Crippen LogP contribution in [0.1, 0.15) is 5.69 Å². The van der Waals surface area contributed by atoms with Crippen molar-refractivity contribution in [1.82, 2.24) is 19.9 Å². The summed E-state index contributed by atoms with van der Waals surface area (Å²) >= 11 is 0. The summed E-state index contributed by atoms with van der Waals surface area (Å²) in [5.41, 5.74) is 2.67. The van der Waals surface area contributed by atoms with Crippen molar-refractivity contribution in [2.75, 3.05) is 47.6 Å². The van der Waals surface area contributed by atoms with E-state index >= 15 is 0 Å². The van der Waals surface area contributed by atoms with Crippen molar-refractivity contribution in [3.05, 3.63) is 48.4 Å². The van der Waals surface area contributed by atoms with Gasteiger partial charge < -0.3 is 28.8 Å². The number of H-pyrrole nitrogens is 1. The first-order chi connectivity index (χ1) is 15.6. The molecule has 32 heavy (non-hydrogen) atoms. The molecule has 0 aliphatic rings. The number of likely N-dealkylation sites (N-methyl/N-ethyl adjacent to an activating group) is 1. The van der Waals surface area contributed by atoms with Crippen LogP contribution in [0.4, 0.5) is 0 Å². The molecule has 0 fully saturated rings. The van der Waals surface area contributed by atoms with E-state index < -0.39 is 0 Å². The summed E-state index contributed by atoms with van der Waals surface area (Å²) in [4.78, 5) is 14.3. The van der Waals surface area contributed by atoms with Gasteiger partial charge in [-0.15, -0.1) is 0 Å². The van der Waals surface area contributed by atoms with E-state index in [0.717, 1.165) is 46.3 Å². The molecule has 0 aliphatic heterocycles. The van der Waals surface area contributed by atoms with Gasteiger partial charge in [0.2, 0.25) is 5.88 Å². The monoisotopic (exact) mass is 436 g/mol. The number of benzene rings is 2. The summed E-state index contributed by atoms with van der Waals surface area (Å²) in [5.74, 6) is 2.45. The Labute approximate surface area is 187 Å². The highest BCUT2D eigenvalue weighted by molar-refractivity contribution is 5.90. The Kier molecular flexibility index (Phi) is 6.72. The lowest BCUT2D eigenvalue weighted by molar-refractivity contribution is 0.149. The topological polar surface area (TPSA) is 81.7 Å². The zero-order valence-corrected chi connectivity index (χ0v) is 18.8. The summed E-state index contributed by atoms with van der Waals surface area (Å²) in [7, 11) is 5.35. The van der Waals surface area contributed by atoms with Gasteiger partial charge >= 0.3 is 0 Å². The lowest BCUT2D eigenvalue weighted by atomic mass is 10.2. The maximum absolute atomic E-state index is 6.27. The number of methoxy groups -OCH3 is 2. The van der Waals surface area contributed by atoms with Crippen molar-refractivity contribution in [2.24, 2.45) is 0 Å². The third-order valence-electron chi connectivity index (χ3n) is 5.33. The number of aromatic nitrogens is 3. The van der Waals surface area contributed by atoms with Gasteiger partial charge in [0.1, 0.15) is 12.9 Å². The quantitative estimate of drug-likeness (QED) is 0.399. The first kappa shape index (κ1) is 21.9. The number of para-hydroxylation sites is 1. The van der Waals surface area contributed by atoms with Crippen molar-refractivity contribution in [3.8, 4) is 23.1 Å².